The molecule has 1 aromatic carbocycles. The van der Waals surface area contributed by atoms with E-state index < -0.39 is 17.5 Å². The summed E-state index contributed by atoms with van der Waals surface area (Å²) in [4.78, 5) is 26.9. The van der Waals surface area contributed by atoms with E-state index in [1.54, 1.807) is 4.90 Å². The first-order chi connectivity index (χ1) is 14.0. The molecule has 2 atom stereocenters. The quantitative estimate of drug-likeness (QED) is 0.693. The monoisotopic (exact) mass is 397 g/mol. The second kappa shape index (κ2) is 7.99. The van der Waals surface area contributed by atoms with Crippen molar-refractivity contribution in [1.29, 1.82) is 0 Å². The number of likely N-dealkylation sites (tertiary alicyclic amines) is 1. The number of benzene rings is 1. The molecule has 7 heteroatoms. The Morgan fingerprint density at radius 2 is 2.03 bits per heavy atom. The Morgan fingerprint density at radius 3 is 2.79 bits per heavy atom. The van der Waals surface area contributed by atoms with Gasteiger partial charge in [-0.1, -0.05) is 30.3 Å². The van der Waals surface area contributed by atoms with E-state index in [2.05, 4.69) is 10.2 Å². The molecule has 1 fully saturated rings. The topological polar surface area (TPSA) is 107 Å². The van der Waals surface area contributed by atoms with Crippen LogP contribution in [0.15, 0.2) is 30.3 Å². The van der Waals surface area contributed by atoms with Gasteiger partial charge in [0.2, 0.25) is 0 Å². The summed E-state index contributed by atoms with van der Waals surface area (Å²) >= 11 is 0. The van der Waals surface area contributed by atoms with Crippen LogP contribution in [0.4, 0.5) is 0 Å². The Labute approximate surface area is 169 Å². The van der Waals surface area contributed by atoms with Crippen molar-refractivity contribution in [1.82, 2.24) is 15.1 Å². The van der Waals surface area contributed by atoms with Crippen LogP contribution in [-0.2, 0) is 24.1 Å². The van der Waals surface area contributed by atoms with Crippen molar-refractivity contribution < 1.29 is 19.8 Å². The lowest BCUT2D eigenvalue weighted by atomic mass is 9.73. The van der Waals surface area contributed by atoms with Crippen LogP contribution in [0.2, 0.25) is 0 Å². The molecule has 29 heavy (non-hydrogen) atoms. The van der Waals surface area contributed by atoms with Gasteiger partial charge in [-0.2, -0.15) is 5.10 Å². The van der Waals surface area contributed by atoms with E-state index in [0.29, 0.717) is 25.1 Å². The van der Waals surface area contributed by atoms with Crippen LogP contribution in [0.3, 0.4) is 0 Å². The Hall–Kier alpha value is -2.67. The smallest absolute Gasteiger partial charge is 0.314 e. The minimum atomic E-state index is -1.35. The van der Waals surface area contributed by atoms with Gasteiger partial charge in [0.25, 0.3) is 5.91 Å². The van der Waals surface area contributed by atoms with E-state index in [1.165, 1.54) is 0 Å². The number of carbonyl (C=O) groups is 2. The zero-order valence-electron chi connectivity index (χ0n) is 16.4. The minimum Gasteiger partial charge on any atom is -0.481 e. The first-order valence-corrected chi connectivity index (χ1v) is 10.3. The molecular formula is C22H27N3O4. The summed E-state index contributed by atoms with van der Waals surface area (Å²) in [6.45, 7) is 0.355. The molecular weight excluding hydrogens is 370 g/mol. The van der Waals surface area contributed by atoms with Crippen LogP contribution < -0.4 is 0 Å². The molecule has 1 aliphatic carbocycles. The van der Waals surface area contributed by atoms with Crippen LogP contribution >= 0.6 is 0 Å². The highest BCUT2D eigenvalue weighted by Crippen LogP contribution is 2.37. The van der Waals surface area contributed by atoms with E-state index in [1.807, 2.05) is 30.3 Å². The number of aryl methyl sites for hydroxylation is 2. The van der Waals surface area contributed by atoms with Gasteiger partial charge in [-0.15, -0.1) is 0 Å². The molecule has 1 saturated heterocycles. The average molecular weight is 397 g/mol. The lowest BCUT2D eigenvalue weighted by molar-refractivity contribution is -0.162. The molecule has 2 aliphatic rings. The summed E-state index contributed by atoms with van der Waals surface area (Å²) in [6.07, 6.45) is 3.70. The Kier molecular flexibility index (Phi) is 5.41. The number of rotatable bonds is 6. The van der Waals surface area contributed by atoms with Gasteiger partial charge < -0.3 is 15.1 Å². The van der Waals surface area contributed by atoms with Gasteiger partial charge in [0.1, 0.15) is 5.41 Å². The second-order valence-corrected chi connectivity index (χ2v) is 8.21. The van der Waals surface area contributed by atoms with Crippen molar-refractivity contribution in [2.75, 3.05) is 13.1 Å². The number of carboxylic acid groups (broad SMARTS) is 1. The molecule has 1 aromatic heterocycles. The lowest BCUT2D eigenvalue weighted by Crippen LogP contribution is -2.57. The van der Waals surface area contributed by atoms with Gasteiger partial charge in [0, 0.05) is 24.3 Å². The Balaban J connectivity index is 1.50. The van der Waals surface area contributed by atoms with Crippen LogP contribution in [-0.4, -0.2) is 56.4 Å². The number of carboxylic acids is 1. The van der Waals surface area contributed by atoms with E-state index >= 15 is 0 Å². The highest BCUT2D eigenvalue weighted by molar-refractivity contribution is 5.94. The zero-order chi connectivity index (χ0) is 20.4. The largest absolute Gasteiger partial charge is 0.481 e. The molecule has 2 aromatic rings. The summed E-state index contributed by atoms with van der Waals surface area (Å²) in [5.74, 6) is -1.27. The molecule has 4 rings (SSSR count). The number of amides is 1. The van der Waals surface area contributed by atoms with Crippen LogP contribution in [0.5, 0.6) is 0 Å². The number of aliphatic hydroxyl groups is 1. The number of aromatic amines is 1. The molecule has 0 unspecified atom stereocenters. The maximum Gasteiger partial charge on any atom is 0.314 e. The number of fused-ring (bicyclic) bond motifs is 1. The maximum atomic E-state index is 13.1. The van der Waals surface area contributed by atoms with Gasteiger partial charge in [0.15, 0.2) is 5.69 Å². The fourth-order valence-electron chi connectivity index (χ4n) is 4.71. The number of piperidine rings is 1. The van der Waals surface area contributed by atoms with Crippen molar-refractivity contribution in [3.63, 3.8) is 0 Å². The number of aromatic nitrogens is 2. The summed E-state index contributed by atoms with van der Waals surface area (Å²) in [5, 5.41) is 27.8. The number of hydrogen-bond acceptors (Lipinski definition) is 4. The van der Waals surface area contributed by atoms with Gasteiger partial charge in [-0.05, 0) is 50.5 Å². The third kappa shape index (κ3) is 3.67. The van der Waals surface area contributed by atoms with Crippen LogP contribution in [0.1, 0.15) is 53.0 Å². The lowest BCUT2D eigenvalue weighted by Gasteiger charge is -2.43. The van der Waals surface area contributed by atoms with Gasteiger partial charge in [-0.25, -0.2) is 0 Å². The van der Waals surface area contributed by atoms with E-state index in [9.17, 15) is 19.8 Å². The fraction of sp³-hybridized carbons (Fsp3) is 0.500. The van der Waals surface area contributed by atoms with Gasteiger partial charge in [-0.3, -0.25) is 14.7 Å². The first-order valence-electron chi connectivity index (χ1n) is 10.3. The summed E-state index contributed by atoms with van der Waals surface area (Å²) in [7, 11) is 0. The molecule has 7 nitrogen and oxygen atoms in total. The molecule has 0 saturated carbocycles. The molecule has 3 N–H and O–H groups in total. The third-order valence-corrected chi connectivity index (χ3v) is 6.44. The summed E-state index contributed by atoms with van der Waals surface area (Å²) in [5.41, 5.74) is 2.18. The number of aliphatic hydroxyl groups excluding tert-OH is 1. The predicted octanol–water partition coefficient (Wildman–Crippen LogP) is 2.20. The normalized spacial score (nSPS) is 23.8. The first kappa shape index (κ1) is 19.6. The van der Waals surface area contributed by atoms with E-state index in [4.69, 9.17) is 0 Å². The Morgan fingerprint density at radius 1 is 1.24 bits per heavy atom. The second-order valence-electron chi connectivity index (χ2n) is 8.21. The van der Waals surface area contributed by atoms with Crippen molar-refractivity contribution in [3.8, 4) is 0 Å². The summed E-state index contributed by atoms with van der Waals surface area (Å²) in [6, 6.07) is 9.89. The molecule has 0 radical (unpaired) electrons. The molecule has 0 spiro atoms. The molecule has 0 bridgehead atoms. The third-order valence-electron chi connectivity index (χ3n) is 6.44. The van der Waals surface area contributed by atoms with Crippen molar-refractivity contribution in [2.45, 2.75) is 51.0 Å². The van der Waals surface area contributed by atoms with Crippen molar-refractivity contribution in [3.05, 3.63) is 52.8 Å². The van der Waals surface area contributed by atoms with Gasteiger partial charge in [0.05, 0.1) is 6.10 Å². The SMILES string of the molecule is O=C(c1n[nH]c2c1CCC2)N1CC[C@@H](O)[C@](CCCc2ccccc2)(C(=O)O)C1. The number of H-pyrrole nitrogens is 1. The summed E-state index contributed by atoms with van der Waals surface area (Å²) < 4.78 is 0. The minimum absolute atomic E-state index is 0.0127. The van der Waals surface area contributed by atoms with Gasteiger partial charge >= 0.3 is 5.97 Å². The van der Waals surface area contributed by atoms with Crippen molar-refractivity contribution in [2.24, 2.45) is 5.41 Å². The predicted molar refractivity (Wildman–Crippen MR) is 107 cm³/mol. The van der Waals surface area contributed by atoms with E-state index in [0.717, 1.165) is 42.5 Å². The molecule has 1 aliphatic heterocycles. The fourth-order valence-corrected chi connectivity index (χ4v) is 4.71. The van der Waals surface area contributed by atoms with Crippen molar-refractivity contribution >= 4 is 11.9 Å². The number of aliphatic carboxylic acids is 1. The number of nitrogens with zero attached hydrogens (tertiary/aromatic N) is 2. The Bertz CT molecular complexity index is 895. The molecule has 154 valence electrons. The highest BCUT2D eigenvalue weighted by atomic mass is 16.4. The van der Waals surface area contributed by atoms with Crippen LogP contribution in [0.25, 0.3) is 0 Å². The maximum absolute atomic E-state index is 13.1. The zero-order valence-corrected chi connectivity index (χ0v) is 16.4. The molecule has 1 amide bonds. The number of hydrogen-bond donors (Lipinski definition) is 3. The number of carbonyl (C=O) groups excluding carboxylic acids is 1. The molecule has 2 heterocycles. The van der Waals surface area contributed by atoms with E-state index in [-0.39, 0.29) is 18.9 Å². The highest BCUT2D eigenvalue weighted by Gasteiger charge is 2.50. The number of nitrogens with one attached hydrogen (secondary N) is 1. The average Bonchev–Trinajstić information content (AvgIpc) is 3.33. The standard InChI is InChI=1S/C22H27N3O4/c26-18-11-13-25(20(27)19-16-9-4-10-17(16)23-24-19)14-22(18,21(28)29)12-5-8-15-6-2-1-3-7-15/h1-3,6-7,18,26H,4-5,8-14H2,(H,23,24)(H,28,29)/t18-,22-/m1/s1. The van der Waals surface area contributed by atoms with Crippen LogP contribution in [0, 0.1) is 5.41 Å².